The molecule has 0 radical (unpaired) electrons. The number of fused-ring (bicyclic) bond motifs is 1. The van der Waals surface area contributed by atoms with Gasteiger partial charge in [0.1, 0.15) is 0 Å². The molecule has 2 N–H and O–H groups in total. The van der Waals surface area contributed by atoms with Crippen molar-refractivity contribution in [1.29, 1.82) is 0 Å². The Labute approximate surface area is 180 Å². The van der Waals surface area contributed by atoms with Crippen molar-refractivity contribution in [2.45, 2.75) is 51.3 Å². The molecule has 1 fully saturated rings. The molecule has 1 aliphatic rings. The van der Waals surface area contributed by atoms with E-state index in [-0.39, 0.29) is 13.2 Å². The molecule has 0 amide bonds. The summed E-state index contributed by atoms with van der Waals surface area (Å²) < 4.78 is 5.52. The van der Waals surface area contributed by atoms with Crippen LogP contribution in [0, 0.1) is 5.92 Å². The lowest BCUT2D eigenvalue weighted by molar-refractivity contribution is 0.0783. The maximum atomic E-state index is 9.59. The highest BCUT2D eigenvalue weighted by atomic mass is 16.3. The molecule has 9 nitrogen and oxygen atoms in total. The predicted octanol–water partition coefficient (Wildman–Crippen LogP) is 2.56. The van der Waals surface area contributed by atoms with Crippen LogP contribution in [0.15, 0.2) is 43.4 Å². The quantitative estimate of drug-likeness (QED) is 0.430. The van der Waals surface area contributed by atoms with Crippen molar-refractivity contribution in [3.8, 4) is 22.4 Å². The van der Waals surface area contributed by atoms with Crippen LogP contribution >= 0.6 is 0 Å². The Morgan fingerprint density at radius 3 is 2.65 bits per heavy atom. The SMILES string of the molecule is CC[C@@H](CC1CC1)n1cc(-c2cnn3cc(-c4cnn(C[C@@H](O)CO)c4)ncc23)cn1. The van der Waals surface area contributed by atoms with Crippen LogP contribution in [0.3, 0.4) is 0 Å². The van der Waals surface area contributed by atoms with Gasteiger partial charge in [0.2, 0.25) is 0 Å². The van der Waals surface area contributed by atoms with Gasteiger partial charge in [-0.3, -0.25) is 14.3 Å². The minimum Gasteiger partial charge on any atom is -0.394 e. The lowest BCUT2D eigenvalue weighted by atomic mass is 10.1. The van der Waals surface area contributed by atoms with Crippen LogP contribution < -0.4 is 0 Å². The summed E-state index contributed by atoms with van der Waals surface area (Å²) in [4.78, 5) is 4.60. The molecule has 0 aliphatic heterocycles. The zero-order valence-electron chi connectivity index (χ0n) is 17.5. The number of aromatic nitrogens is 7. The van der Waals surface area contributed by atoms with Crippen molar-refractivity contribution in [1.82, 2.24) is 34.2 Å². The molecule has 1 saturated carbocycles. The normalized spacial score (nSPS) is 16.1. The van der Waals surface area contributed by atoms with Crippen molar-refractivity contribution in [2.24, 2.45) is 5.92 Å². The molecular formula is C22H27N7O2. The highest BCUT2D eigenvalue weighted by Gasteiger charge is 2.26. The highest BCUT2D eigenvalue weighted by Crippen LogP contribution is 2.38. The van der Waals surface area contributed by atoms with Gasteiger partial charge in [-0.15, -0.1) is 0 Å². The molecule has 4 aromatic rings. The van der Waals surface area contributed by atoms with Crippen LogP contribution in [0.1, 0.15) is 38.6 Å². The number of nitrogens with zero attached hydrogens (tertiary/aromatic N) is 7. The standard InChI is InChI=1S/C22H27N7O2/c1-2-18(5-15-3-4-15)28-11-16(6-25-28)20-8-26-29-13-21(23-9-22(20)29)17-7-24-27(10-17)12-19(31)14-30/h6-11,13,15,18-19,30-31H,2-5,12,14H2,1H3/t18-,19+/m0/s1. The average Bonchev–Trinajstić information content (AvgIpc) is 3.17. The molecule has 0 spiro atoms. The lowest BCUT2D eigenvalue weighted by Crippen LogP contribution is -2.19. The third kappa shape index (κ3) is 4.11. The largest absolute Gasteiger partial charge is 0.394 e. The smallest absolute Gasteiger partial charge is 0.0966 e. The van der Waals surface area contributed by atoms with E-state index in [0.29, 0.717) is 6.04 Å². The summed E-state index contributed by atoms with van der Waals surface area (Å²) in [5.41, 5.74) is 4.53. The van der Waals surface area contributed by atoms with E-state index in [1.54, 1.807) is 17.1 Å². The summed E-state index contributed by atoms with van der Waals surface area (Å²) in [5, 5.41) is 32.0. The third-order valence-electron chi connectivity index (χ3n) is 6.00. The Hall–Kier alpha value is -3.04. The Kier molecular flexibility index (Phi) is 5.29. The Morgan fingerprint density at radius 2 is 1.87 bits per heavy atom. The van der Waals surface area contributed by atoms with E-state index < -0.39 is 6.10 Å². The van der Waals surface area contributed by atoms with Gasteiger partial charge in [0.25, 0.3) is 0 Å². The topological polar surface area (TPSA) is 106 Å². The highest BCUT2D eigenvalue weighted by molar-refractivity contribution is 5.79. The summed E-state index contributed by atoms with van der Waals surface area (Å²) in [5.74, 6) is 0.869. The summed E-state index contributed by atoms with van der Waals surface area (Å²) in [6, 6.07) is 0.453. The van der Waals surface area contributed by atoms with E-state index in [0.717, 1.165) is 40.2 Å². The van der Waals surface area contributed by atoms with Gasteiger partial charge >= 0.3 is 0 Å². The van der Waals surface area contributed by atoms with Crippen LogP contribution in [0.4, 0.5) is 0 Å². The minimum absolute atomic E-state index is 0.230. The monoisotopic (exact) mass is 421 g/mol. The second-order valence-electron chi connectivity index (χ2n) is 8.40. The molecule has 4 aromatic heterocycles. The molecule has 0 bridgehead atoms. The van der Waals surface area contributed by atoms with E-state index in [9.17, 15) is 5.11 Å². The van der Waals surface area contributed by atoms with E-state index in [1.807, 2.05) is 29.3 Å². The number of hydrogen-bond donors (Lipinski definition) is 2. The zero-order chi connectivity index (χ0) is 21.4. The van der Waals surface area contributed by atoms with Gasteiger partial charge < -0.3 is 10.2 Å². The molecular weight excluding hydrogens is 394 g/mol. The zero-order valence-corrected chi connectivity index (χ0v) is 17.5. The summed E-state index contributed by atoms with van der Waals surface area (Å²) >= 11 is 0. The molecule has 5 rings (SSSR count). The molecule has 9 heteroatoms. The van der Waals surface area contributed by atoms with Gasteiger partial charge in [-0.1, -0.05) is 19.8 Å². The van der Waals surface area contributed by atoms with Gasteiger partial charge in [-0.05, 0) is 18.8 Å². The first-order valence-electron chi connectivity index (χ1n) is 10.8. The number of aliphatic hydroxyl groups excluding tert-OH is 2. The van der Waals surface area contributed by atoms with Crippen molar-refractivity contribution in [2.75, 3.05) is 6.61 Å². The van der Waals surface area contributed by atoms with Gasteiger partial charge in [0.05, 0.1) is 67.5 Å². The van der Waals surface area contributed by atoms with E-state index in [4.69, 9.17) is 5.11 Å². The molecule has 4 heterocycles. The van der Waals surface area contributed by atoms with Gasteiger partial charge in [0, 0.05) is 29.1 Å². The second-order valence-corrected chi connectivity index (χ2v) is 8.40. The van der Waals surface area contributed by atoms with Crippen LogP contribution in [-0.4, -0.2) is 57.1 Å². The van der Waals surface area contributed by atoms with Gasteiger partial charge in [0.15, 0.2) is 0 Å². The number of aliphatic hydroxyl groups is 2. The van der Waals surface area contributed by atoms with Crippen LogP contribution in [0.2, 0.25) is 0 Å². The van der Waals surface area contributed by atoms with E-state index >= 15 is 0 Å². The average molecular weight is 422 g/mol. The van der Waals surface area contributed by atoms with E-state index in [1.165, 1.54) is 19.3 Å². The molecule has 2 atom stereocenters. The summed E-state index contributed by atoms with van der Waals surface area (Å²) in [6.45, 7) is 2.15. The molecule has 0 aromatic carbocycles. The second kappa shape index (κ2) is 8.24. The molecule has 0 unspecified atom stereocenters. The fourth-order valence-corrected chi connectivity index (χ4v) is 4.00. The van der Waals surface area contributed by atoms with Crippen molar-refractivity contribution >= 4 is 5.52 Å². The summed E-state index contributed by atoms with van der Waals surface area (Å²) in [7, 11) is 0. The molecule has 162 valence electrons. The number of rotatable bonds is 9. The van der Waals surface area contributed by atoms with Crippen LogP contribution in [0.25, 0.3) is 27.9 Å². The van der Waals surface area contributed by atoms with Crippen molar-refractivity contribution in [3.05, 3.63) is 43.4 Å². The lowest BCUT2D eigenvalue weighted by Gasteiger charge is -2.14. The van der Waals surface area contributed by atoms with Crippen LogP contribution in [0.5, 0.6) is 0 Å². The number of hydrogen-bond acceptors (Lipinski definition) is 6. The first-order chi connectivity index (χ1) is 15.1. The first-order valence-corrected chi connectivity index (χ1v) is 10.8. The third-order valence-corrected chi connectivity index (χ3v) is 6.00. The van der Waals surface area contributed by atoms with Gasteiger partial charge in [-0.2, -0.15) is 15.3 Å². The van der Waals surface area contributed by atoms with Crippen molar-refractivity contribution < 1.29 is 10.2 Å². The van der Waals surface area contributed by atoms with Crippen LogP contribution in [-0.2, 0) is 6.54 Å². The Bertz CT molecular complexity index is 1170. The molecule has 31 heavy (non-hydrogen) atoms. The Balaban J connectivity index is 1.39. The van der Waals surface area contributed by atoms with E-state index in [2.05, 4.69) is 38.1 Å². The first kappa shape index (κ1) is 19.9. The predicted molar refractivity (Wildman–Crippen MR) is 115 cm³/mol. The Morgan fingerprint density at radius 1 is 1.03 bits per heavy atom. The van der Waals surface area contributed by atoms with Gasteiger partial charge in [-0.25, -0.2) is 4.52 Å². The minimum atomic E-state index is -0.839. The fourth-order valence-electron chi connectivity index (χ4n) is 4.00. The molecule has 0 saturated heterocycles. The molecule has 1 aliphatic carbocycles. The maximum Gasteiger partial charge on any atom is 0.0966 e. The van der Waals surface area contributed by atoms with Crippen molar-refractivity contribution in [3.63, 3.8) is 0 Å². The fraction of sp³-hybridized carbons (Fsp3) is 0.455. The summed E-state index contributed by atoms with van der Waals surface area (Å²) in [6.07, 6.45) is 17.2. The maximum absolute atomic E-state index is 9.59.